The Morgan fingerprint density at radius 2 is 1.79 bits per heavy atom. The Morgan fingerprint density at radius 1 is 1.10 bits per heavy atom. The third-order valence-corrected chi connectivity index (χ3v) is 5.07. The fraction of sp³-hybridized carbons (Fsp3) is 0.375. The average molecular weight is 395 g/mol. The Morgan fingerprint density at radius 3 is 2.45 bits per heavy atom. The molecule has 2 aromatic rings. The lowest BCUT2D eigenvalue weighted by Gasteiger charge is -2.30. The molecule has 154 valence electrons. The Kier molecular flexibility index (Phi) is 7.85. The second kappa shape index (κ2) is 10.8. The van der Waals surface area contributed by atoms with Gasteiger partial charge in [0.05, 0.1) is 20.3 Å². The summed E-state index contributed by atoms with van der Waals surface area (Å²) in [4.78, 5) is 17.5. The zero-order valence-electron chi connectivity index (χ0n) is 17.3. The van der Waals surface area contributed by atoms with Crippen molar-refractivity contribution in [2.75, 3.05) is 53.0 Å². The first-order chi connectivity index (χ1) is 14.2. The molecule has 0 aromatic heterocycles. The molecule has 0 radical (unpaired) electrons. The minimum atomic E-state index is 0.0433. The molecule has 1 saturated heterocycles. The van der Waals surface area contributed by atoms with Gasteiger partial charge in [-0.25, -0.2) is 0 Å². The quantitative estimate of drug-likeness (QED) is 0.686. The lowest BCUT2D eigenvalue weighted by Crippen LogP contribution is -2.43. The third kappa shape index (κ3) is 6.44. The number of hydrogen-bond donors (Lipinski definition) is 0. The first kappa shape index (κ1) is 21.1. The molecule has 1 amide bonds. The molecule has 0 atom stereocenters. The van der Waals surface area contributed by atoms with Crippen molar-refractivity contribution in [2.24, 2.45) is 0 Å². The van der Waals surface area contributed by atoms with E-state index in [0.29, 0.717) is 18.7 Å². The predicted octanol–water partition coefficient (Wildman–Crippen LogP) is 3.57. The van der Waals surface area contributed by atoms with Crippen LogP contribution in [0.5, 0.6) is 5.75 Å². The van der Waals surface area contributed by atoms with E-state index in [9.17, 15) is 4.79 Å². The van der Waals surface area contributed by atoms with Crippen molar-refractivity contribution in [2.45, 2.75) is 6.92 Å². The van der Waals surface area contributed by atoms with E-state index in [1.165, 1.54) is 0 Å². The van der Waals surface area contributed by atoms with Crippen molar-refractivity contribution in [3.05, 3.63) is 71.3 Å². The molecule has 0 aliphatic carbocycles. The van der Waals surface area contributed by atoms with Gasteiger partial charge in [-0.05, 0) is 36.8 Å². The van der Waals surface area contributed by atoms with Crippen LogP contribution in [0.2, 0.25) is 0 Å². The molecule has 0 spiro atoms. The maximum Gasteiger partial charge on any atom is 0.254 e. The van der Waals surface area contributed by atoms with E-state index in [1.807, 2.05) is 47.4 Å². The van der Waals surface area contributed by atoms with Crippen LogP contribution in [0.15, 0.2) is 60.2 Å². The van der Waals surface area contributed by atoms with Gasteiger partial charge in [0.1, 0.15) is 5.75 Å². The van der Waals surface area contributed by atoms with E-state index in [4.69, 9.17) is 9.47 Å². The number of ether oxygens (including phenoxy) is 2. The molecule has 2 aromatic carbocycles. The van der Waals surface area contributed by atoms with Crippen LogP contribution in [0, 0.1) is 0 Å². The van der Waals surface area contributed by atoms with E-state index in [1.54, 1.807) is 7.11 Å². The highest BCUT2D eigenvalue weighted by Crippen LogP contribution is 2.15. The van der Waals surface area contributed by atoms with Gasteiger partial charge >= 0.3 is 0 Å². The Balaban J connectivity index is 1.72. The molecule has 5 nitrogen and oxygen atoms in total. The van der Waals surface area contributed by atoms with Crippen LogP contribution >= 0.6 is 0 Å². The normalized spacial score (nSPS) is 15.2. The molecule has 5 heteroatoms. The van der Waals surface area contributed by atoms with Crippen LogP contribution in [0.3, 0.4) is 0 Å². The van der Waals surface area contributed by atoms with Gasteiger partial charge in [-0.2, -0.15) is 0 Å². The largest absolute Gasteiger partial charge is 0.497 e. The summed E-state index contributed by atoms with van der Waals surface area (Å²) in [7, 11) is 1.63. The third-order valence-electron chi connectivity index (χ3n) is 5.07. The van der Waals surface area contributed by atoms with Gasteiger partial charge in [0, 0.05) is 38.3 Å². The molecule has 0 saturated carbocycles. The van der Waals surface area contributed by atoms with Gasteiger partial charge in [0.2, 0.25) is 0 Å². The summed E-state index contributed by atoms with van der Waals surface area (Å²) in [5.74, 6) is 0.795. The molecular formula is C24H30N2O3. The molecular weight excluding hydrogens is 364 g/mol. The van der Waals surface area contributed by atoms with E-state index in [-0.39, 0.29) is 5.91 Å². The monoisotopic (exact) mass is 394 g/mol. The number of hydrogen-bond acceptors (Lipinski definition) is 4. The van der Waals surface area contributed by atoms with Crippen LogP contribution in [0.25, 0.3) is 6.08 Å². The van der Waals surface area contributed by atoms with Crippen LogP contribution in [-0.2, 0) is 4.74 Å². The minimum absolute atomic E-state index is 0.0433. The van der Waals surface area contributed by atoms with E-state index in [0.717, 1.165) is 49.7 Å². The summed E-state index contributed by atoms with van der Waals surface area (Å²) in [5, 5.41) is 0. The maximum atomic E-state index is 13.2. The predicted molar refractivity (Wildman–Crippen MR) is 116 cm³/mol. The summed E-state index contributed by atoms with van der Waals surface area (Å²) >= 11 is 0. The van der Waals surface area contributed by atoms with Crippen LogP contribution in [-0.4, -0.2) is 68.8 Å². The summed E-state index contributed by atoms with van der Waals surface area (Å²) in [6.45, 7) is 7.58. The van der Waals surface area contributed by atoms with Crippen LogP contribution in [0.4, 0.5) is 0 Å². The maximum absolute atomic E-state index is 13.2. The molecule has 0 N–H and O–H groups in total. The van der Waals surface area contributed by atoms with Crippen molar-refractivity contribution in [1.82, 2.24) is 9.80 Å². The average Bonchev–Trinajstić information content (AvgIpc) is 2.77. The van der Waals surface area contributed by atoms with Crippen LogP contribution < -0.4 is 4.74 Å². The van der Waals surface area contributed by atoms with Gasteiger partial charge in [-0.3, -0.25) is 9.69 Å². The Hall–Kier alpha value is -2.63. The Bertz CT molecular complexity index is 797. The highest BCUT2D eigenvalue weighted by Gasteiger charge is 2.18. The summed E-state index contributed by atoms with van der Waals surface area (Å²) in [6.07, 6.45) is 2.14. The van der Waals surface area contributed by atoms with Gasteiger partial charge in [0.15, 0.2) is 0 Å². The molecule has 1 aliphatic heterocycles. The molecule has 1 aliphatic rings. The number of morpholine rings is 1. The van der Waals surface area contributed by atoms with Crippen molar-refractivity contribution in [3.8, 4) is 5.75 Å². The number of carbonyl (C=O) groups excluding carboxylic acids is 1. The molecule has 1 heterocycles. The number of rotatable bonds is 8. The highest BCUT2D eigenvalue weighted by molar-refractivity contribution is 5.94. The molecule has 0 bridgehead atoms. The van der Waals surface area contributed by atoms with Gasteiger partial charge in [-0.1, -0.05) is 42.0 Å². The van der Waals surface area contributed by atoms with E-state index in [2.05, 4.69) is 30.0 Å². The molecule has 29 heavy (non-hydrogen) atoms. The number of methoxy groups -OCH3 is 1. The lowest BCUT2D eigenvalue weighted by atomic mass is 10.1. The topological polar surface area (TPSA) is 42.0 Å². The summed E-state index contributed by atoms with van der Waals surface area (Å²) in [5.41, 5.74) is 2.98. The fourth-order valence-corrected chi connectivity index (χ4v) is 3.44. The fourth-order valence-electron chi connectivity index (χ4n) is 3.44. The molecule has 1 fully saturated rings. The zero-order chi connectivity index (χ0) is 20.5. The van der Waals surface area contributed by atoms with Gasteiger partial charge in [-0.15, -0.1) is 0 Å². The zero-order valence-corrected chi connectivity index (χ0v) is 17.3. The highest BCUT2D eigenvalue weighted by atomic mass is 16.5. The van der Waals surface area contributed by atoms with E-state index >= 15 is 0 Å². The molecule has 0 unspecified atom stereocenters. The second-order valence-corrected chi connectivity index (χ2v) is 7.31. The smallest absolute Gasteiger partial charge is 0.254 e. The van der Waals surface area contributed by atoms with Gasteiger partial charge in [0.25, 0.3) is 5.91 Å². The van der Waals surface area contributed by atoms with E-state index < -0.39 is 0 Å². The minimum Gasteiger partial charge on any atom is -0.497 e. The first-order valence-electron chi connectivity index (χ1n) is 10.1. The van der Waals surface area contributed by atoms with Crippen molar-refractivity contribution in [3.63, 3.8) is 0 Å². The van der Waals surface area contributed by atoms with Crippen molar-refractivity contribution in [1.29, 1.82) is 0 Å². The number of carbonyl (C=O) groups is 1. The van der Waals surface area contributed by atoms with Crippen LogP contribution in [0.1, 0.15) is 22.8 Å². The summed E-state index contributed by atoms with van der Waals surface area (Å²) < 4.78 is 10.6. The first-order valence-corrected chi connectivity index (χ1v) is 10.1. The summed E-state index contributed by atoms with van der Waals surface area (Å²) in [6, 6.07) is 17.5. The molecule has 3 rings (SSSR count). The standard InChI is InChI=1S/C24H30N2O3/c1-20(18-21-6-4-3-5-7-21)19-26(13-12-25-14-16-29-17-15-25)24(27)22-8-10-23(28-2)11-9-22/h3-11,18H,12-17,19H2,1-2H3. The Labute approximate surface area is 173 Å². The number of benzene rings is 2. The number of amides is 1. The van der Waals surface area contributed by atoms with Gasteiger partial charge < -0.3 is 14.4 Å². The van der Waals surface area contributed by atoms with Crippen molar-refractivity contribution < 1.29 is 14.3 Å². The SMILES string of the molecule is COc1ccc(C(=O)N(CCN2CCOCC2)CC(C)=Cc2ccccc2)cc1. The number of nitrogens with zero attached hydrogens (tertiary/aromatic N) is 2. The lowest BCUT2D eigenvalue weighted by molar-refractivity contribution is 0.0330. The second-order valence-electron chi connectivity index (χ2n) is 7.31. The van der Waals surface area contributed by atoms with Crippen molar-refractivity contribution >= 4 is 12.0 Å².